The van der Waals surface area contributed by atoms with Crippen molar-refractivity contribution in [1.82, 2.24) is 4.98 Å². The predicted molar refractivity (Wildman–Crippen MR) is 110 cm³/mol. The van der Waals surface area contributed by atoms with Crippen molar-refractivity contribution in [2.24, 2.45) is 0 Å². The number of fused-ring (bicyclic) bond motifs is 1. The van der Waals surface area contributed by atoms with Crippen molar-refractivity contribution >= 4 is 17.5 Å². The number of carbonyl (C=O) groups excluding carboxylic acids is 1. The molecule has 0 N–H and O–H groups in total. The molecule has 2 aromatic carbocycles. The number of anilines is 1. The maximum absolute atomic E-state index is 13.2. The number of hydrogen-bond donors (Lipinski definition) is 0. The first-order chi connectivity index (χ1) is 14.6. The molecule has 152 valence electrons. The number of ether oxygens (including phenoxy) is 2. The molecule has 8 heteroatoms. The molecule has 1 aliphatic rings. The van der Waals surface area contributed by atoms with Gasteiger partial charge in [0.25, 0.3) is 11.7 Å². The lowest BCUT2D eigenvalue weighted by molar-refractivity contribution is -0.389. The van der Waals surface area contributed by atoms with Crippen LogP contribution in [0.25, 0.3) is 0 Å². The van der Waals surface area contributed by atoms with Crippen LogP contribution >= 0.6 is 0 Å². The Balaban J connectivity index is 1.56. The second kappa shape index (κ2) is 8.60. The summed E-state index contributed by atoms with van der Waals surface area (Å²) in [6.07, 6.45) is -0.316. The summed E-state index contributed by atoms with van der Waals surface area (Å²) >= 11 is 0. The second-order valence-electron chi connectivity index (χ2n) is 6.66. The SMILES string of the molecule is O=C1C(c2ccccc2)Oc2ccc([N+](=O)[O-])nc2N1CCCOc1ccccc1. The third kappa shape index (κ3) is 4.07. The third-order valence-electron chi connectivity index (χ3n) is 4.64. The van der Waals surface area contributed by atoms with Gasteiger partial charge in [0.2, 0.25) is 6.10 Å². The predicted octanol–water partition coefficient (Wildman–Crippen LogP) is 3.93. The molecule has 0 saturated heterocycles. The lowest BCUT2D eigenvalue weighted by Gasteiger charge is -2.31. The summed E-state index contributed by atoms with van der Waals surface area (Å²) in [7, 11) is 0. The first kappa shape index (κ1) is 19.4. The minimum atomic E-state index is -0.836. The molecule has 0 saturated carbocycles. The highest BCUT2D eigenvalue weighted by molar-refractivity contribution is 5.99. The molecule has 0 radical (unpaired) electrons. The van der Waals surface area contributed by atoms with E-state index in [1.165, 1.54) is 17.0 Å². The van der Waals surface area contributed by atoms with Gasteiger partial charge < -0.3 is 19.6 Å². The maximum atomic E-state index is 13.2. The summed E-state index contributed by atoms with van der Waals surface area (Å²) in [6.45, 7) is 0.675. The van der Waals surface area contributed by atoms with Gasteiger partial charge in [-0.3, -0.25) is 9.69 Å². The van der Waals surface area contributed by atoms with Crippen molar-refractivity contribution in [3.8, 4) is 11.5 Å². The molecule has 0 bridgehead atoms. The van der Waals surface area contributed by atoms with Gasteiger partial charge in [-0.05, 0) is 34.5 Å². The van der Waals surface area contributed by atoms with Crippen LogP contribution in [0.2, 0.25) is 0 Å². The zero-order valence-corrected chi connectivity index (χ0v) is 16.0. The first-order valence-corrected chi connectivity index (χ1v) is 9.50. The quantitative estimate of drug-likeness (QED) is 0.336. The maximum Gasteiger partial charge on any atom is 0.366 e. The molecule has 4 rings (SSSR count). The molecule has 8 nitrogen and oxygen atoms in total. The number of rotatable bonds is 7. The highest BCUT2D eigenvalue weighted by Crippen LogP contribution is 2.38. The Bertz CT molecular complexity index is 1040. The van der Waals surface area contributed by atoms with Crippen LogP contribution in [0.3, 0.4) is 0 Å². The van der Waals surface area contributed by atoms with Crippen LogP contribution in [0, 0.1) is 10.1 Å². The van der Waals surface area contributed by atoms with Gasteiger partial charge in [-0.25, -0.2) is 0 Å². The van der Waals surface area contributed by atoms with Crippen LogP contribution in [0.4, 0.5) is 11.6 Å². The van der Waals surface area contributed by atoms with Crippen LogP contribution < -0.4 is 14.4 Å². The fourth-order valence-corrected chi connectivity index (χ4v) is 3.22. The summed E-state index contributed by atoms with van der Waals surface area (Å²) in [5.41, 5.74) is 0.706. The van der Waals surface area contributed by atoms with Gasteiger partial charge in [0.05, 0.1) is 6.61 Å². The van der Waals surface area contributed by atoms with E-state index in [4.69, 9.17) is 9.47 Å². The molecular weight excluding hydrogens is 386 g/mol. The molecule has 0 fully saturated rings. The average Bonchev–Trinajstić information content (AvgIpc) is 2.78. The standard InChI is InChI=1S/C22H19N3O5/c26-22-20(16-8-3-1-4-9-16)30-18-12-13-19(25(27)28)23-21(18)24(22)14-7-15-29-17-10-5-2-6-11-17/h1-6,8-13,20H,7,14-15H2. The average molecular weight is 405 g/mol. The summed E-state index contributed by atoms with van der Waals surface area (Å²) in [5.74, 6) is 0.566. The highest BCUT2D eigenvalue weighted by Gasteiger charge is 2.39. The number of benzene rings is 2. The van der Waals surface area contributed by atoms with Crippen molar-refractivity contribution in [1.29, 1.82) is 0 Å². The molecule has 2 heterocycles. The van der Waals surface area contributed by atoms with Crippen LogP contribution in [-0.4, -0.2) is 29.0 Å². The topological polar surface area (TPSA) is 94.8 Å². The number of aromatic nitrogens is 1. The van der Waals surface area contributed by atoms with Crippen molar-refractivity contribution in [2.75, 3.05) is 18.1 Å². The minimum Gasteiger partial charge on any atom is -0.494 e. The Labute approximate surface area is 172 Å². The highest BCUT2D eigenvalue weighted by atomic mass is 16.6. The van der Waals surface area contributed by atoms with E-state index in [9.17, 15) is 14.9 Å². The van der Waals surface area contributed by atoms with E-state index in [1.807, 2.05) is 60.7 Å². The number of para-hydroxylation sites is 1. The fourth-order valence-electron chi connectivity index (χ4n) is 3.22. The van der Waals surface area contributed by atoms with E-state index in [2.05, 4.69) is 4.98 Å². The Morgan fingerprint density at radius 3 is 2.43 bits per heavy atom. The van der Waals surface area contributed by atoms with Crippen molar-refractivity contribution < 1.29 is 19.2 Å². The van der Waals surface area contributed by atoms with E-state index < -0.39 is 11.0 Å². The number of carbonyl (C=O) groups is 1. The zero-order chi connectivity index (χ0) is 20.9. The number of nitrogens with zero attached hydrogens (tertiary/aromatic N) is 3. The van der Waals surface area contributed by atoms with Crippen molar-refractivity contribution in [3.63, 3.8) is 0 Å². The minimum absolute atomic E-state index is 0.154. The third-order valence-corrected chi connectivity index (χ3v) is 4.64. The summed E-state index contributed by atoms with van der Waals surface area (Å²) in [4.78, 5) is 29.2. The number of amides is 1. The number of pyridine rings is 1. The normalized spacial score (nSPS) is 15.3. The first-order valence-electron chi connectivity index (χ1n) is 9.50. The Hall–Kier alpha value is -3.94. The zero-order valence-electron chi connectivity index (χ0n) is 16.0. The largest absolute Gasteiger partial charge is 0.494 e. The lowest BCUT2D eigenvalue weighted by Crippen LogP contribution is -2.42. The Morgan fingerprint density at radius 2 is 1.73 bits per heavy atom. The van der Waals surface area contributed by atoms with Crippen molar-refractivity contribution in [2.45, 2.75) is 12.5 Å². The van der Waals surface area contributed by atoms with Crippen LogP contribution in [0.15, 0.2) is 72.8 Å². The number of nitro groups is 1. The van der Waals surface area contributed by atoms with E-state index >= 15 is 0 Å². The summed E-state index contributed by atoms with van der Waals surface area (Å²) < 4.78 is 11.6. The summed E-state index contributed by atoms with van der Waals surface area (Å²) in [5, 5.41) is 11.2. The van der Waals surface area contributed by atoms with E-state index in [0.29, 0.717) is 30.9 Å². The molecular formula is C22H19N3O5. The molecule has 1 aromatic heterocycles. The fraction of sp³-hybridized carbons (Fsp3) is 0.182. The lowest BCUT2D eigenvalue weighted by atomic mass is 10.1. The molecule has 1 aliphatic heterocycles. The van der Waals surface area contributed by atoms with E-state index in [1.54, 1.807) is 0 Å². The van der Waals surface area contributed by atoms with Crippen LogP contribution in [0.5, 0.6) is 11.5 Å². The van der Waals surface area contributed by atoms with Gasteiger partial charge in [-0.1, -0.05) is 48.5 Å². The van der Waals surface area contributed by atoms with Gasteiger partial charge in [-0.15, -0.1) is 0 Å². The van der Waals surface area contributed by atoms with Gasteiger partial charge >= 0.3 is 5.82 Å². The van der Waals surface area contributed by atoms with Crippen LogP contribution in [0.1, 0.15) is 18.1 Å². The van der Waals surface area contributed by atoms with Crippen molar-refractivity contribution in [3.05, 3.63) is 88.5 Å². The Kier molecular flexibility index (Phi) is 5.56. The molecule has 0 aliphatic carbocycles. The molecule has 0 spiro atoms. The smallest absolute Gasteiger partial charge is 0.366 e. The van der Waals surface area contributed by atoms with Gasteiger partial charge in [-0.2, -0.15) is 0 Å². The van der Waals surface area contributed by atoms with Crippen LogP contribution in [-0.2, 0) is 4.79 Å². The molecule has 3 aromatic rings. The van der Waals surface area contributed by atoms with Gasteiger partial charge in [0, 0.05) is 18.2 Å². The van der Waals surface area contributed by atoms with E-state index in [-0.39, 0.29) is 17.5 Å². The summed E-state index contributed by atoms with van der Waals surface area (Å²) in [6, 6.07) is 21.2. The molecule has 1 atom stereocenters. The van der Waals surface area contributed by atoms with Gasteiger partial charge in [0.15, 0.2) is 5.75 Å². The van der Waals surface area contributed by atoms with E-state index in [0.717, 1.165) is 5.75 Å². The number of hydrogen-bond acceptors (Lipinski definition) is 6. The molecule has 1 amide bonds. The molecule has 1 unspecified atom stereocenters. The van der Waals surface area contributed by atoms with Gasteiger partial charge in [0.1, 0.15) is 5.75 Å². The molecule has 30 heavy (non-hydrogen) atoms. The monoisotopic (exact) mass is 405 g/mol. The Morgan fingerprint density at radius 1 is 1.03 bits per heavy atom. The second-order valence-corrected chi connectivity index (χ2v) is 6.66.